The van der Waals surface area contributed by atoms with Crippen molar-refractivity contribution in [3.8, 4) is 0 Å². The van der Waals surface area contributed by atoms with Gasteiger partial charge in [0.25, 0.3) is 0 Å². The lowest BCUT2D eigenvalue weighted by Crippen LogP contribution is -2.25. The van der Waals surface area contributed by atoms with Crippen LogP contribution in [0.15, 0.2) is 24.3 Å². The first kappa shape index (κ1) is 10.7. The number of hydrogen-bond acceptors (Lipinski definition) is 1. The Morgan fingerprint density at radius 3 is 2.50 bits per heavy atom. The molecule has 3 heteroatoms. The van der Waals surface area contributed by atoms with Crippen molar-refractivity contribution in [2.45, 2.75) is 26.3 Å². The molecule has 0 saturated heterocycles. The zero-order valence-corrected chi connectivity index (χ0v) is 8.38. The van der Waals surface area contributed by atoms with Crippen molar-refractivity contribution in [1.29, 1.82) is 0 Å². The number of nitrogens with one attached hydrogen (secondary N) is 1. The van der Waals surface area contributed by atoms with Gasteiger partial charge < -0.3 is 5.32 Å². The molecule has 1 aromatic carbocycles. The van der Waals surface area contributed by atoms with E-state index in [1.807, 2.05) is 6.92 Å². The molecule has 0 saturated carbocycles. The first-order valence-electron chi connectivity index (χ1n) is 4.68. The van der Waals surface area contributed by atoms with Crippen LogP contribution in [0.5, 0.6) is 0 Å². The summed E-state index contributed by atoms with van der Waals surface area (Å²) in [6.07, 6.45) is 0.464. The van der Waals surface area contributed by atoms with Crippen LogP contribution in [0.3, 0.4) is 0 Å². The second kappa shape index (κ2) is 4.74. The van der Waals surface area contributed by atoms with E-state index in [4.69, 9.17) is 0 Å². The maximum atomic E-state index is 12.6. The number of amides is 1. The Morgan fingerprint density at radius 2 is 2.00 bits per heavy atom. The Balaban J connectivity index is 2.65. The molecule has 1 N–H and O–H groups in total. The van der Waals surface area contributed by atoms with Crippen LogP contribution < -0.4 is 5.32 Å². The molecule has 1 amide bonds. The average Bonchev–Trinajstić information content (AvgIpc) is 2.18. The third-order valence-corrected chi connectivity index (χ3v) is 2.07. The van der Waals surface area contributed by atoms with Gasteiger partial charge in [0.15, 0.2) is 0 Å². The van der Waals surface area contributed by atoms with Gasteiger partial charge in [-0.05, 0) is 24.6 Å². The molecule has 0 aromatic heterocycles. The number of carbonyl (C=O) groups excluding carboxylic acids is 1. The van der Waals surface area contributed by atoms with E-state index in [-0.39, 0.29) is 17.8 Å². The van der Waals surface area contributed by atoms with Crippen LogP contribution in [-0.4, -0.2) is 5.91 Å². The van der Waals surface area contributed by atoms with E-state index in [0.717, 1.165) is 5.56 Å². The summed E-state index contributed by atoms with van der Waals surface area (Å²) in [6.45, 7) is 3.67. The fourth-order valence-electron chi connectivity index (χ4n) is 1.18. The smallest absolute Gasteiger partial charge is 0.220 e. The minimum Gasteiger partial charge on any atom is -0.350 e. The molecule has 14 heavy (non-hydrogen) atoms. The van der Waals surface area contributed by atoms with Crippen molar-refractivity contribution < 1.29 is 9.18 Å². The zero-order chi connectivity index (χ0) is 10.6. The van der Waals surface area contributed by atoms with Gasteiger partial charge in [-0.15, -0.1) is 0 Å². The Morgan fingerprint density at radius 1 is 1.43 bits per heavy atom. The molecule has 0 aliphatic carbocycles. The lowest BCUT2D eigenvalue weighted by atomic mass is 10.1. The number of carbonyl (C=O) groups is 1. The monoisotopic (exact) mass is 195 g/mol. The van der Waals surface area contributed by atoms with Gasteiger partial charge in [0.2, 0.25) is 5.91 Å². The van der Waals surface area contributed by atoms with Crippen LogP contribution in [0.2, 0.25) is 0 Å². The van der Waals surface area contributed by atoms with Crippen molar-refractivity contribution in [2.24, 2.45) is 0 Å². The van der Waals surface area contributed by atoms with Crippen molar-refractivity contribution in [2.75, 3.05) is 0 Å². The molecular weight excluding hydrogens is 181 g/mol. The minimum atomic E-state index is -0.261. The Bertz CT molecular complexity index is 308. The van der Waals surface area contributed by atoms with Crippen LogP contribution >= 0.6 is 0 Å². The lowest BCUT2D eigenvalue weighted by molar-refractivity contribution is -0.121. The summed E-state index contributed by atoms with van der Waals surface area (Å²) in [5.74, 6) is -0.260. The average molecular weight is 195 g/mol. The molecule has 0 aliphatic rings. The van der Waals surface area contributed by atoms with Gasteiger partial charge in [-0.3, -0.25) is 4.79 Å². The highest BCUT2D eigenvalue weighted by Crippen LogP contribution is 2.12. The normalized spacial score (nSPS) is 12.2. The van der Waals surface area contributed by atoms with E-state index in [9.17, 15) is 9.18 Å². The van der Waals surface area contributed by atoms with Gasteiger partial charge in [-0.1, -0.05) is 19.1 Å². The fourth-order valence-corrected chi connectivity index (χ4v) is 1.18. The topological polar surface area (TPSA) is 29.1 Å². The predicted molar refractivity (Wildman–Crippen MR) is 53.2 cm³/mol. The Hall–Kier alpha value is -1.38. The summed E-state index contributed by atoms with van der Waals surface area (Å²) < 4.78 is 12.6. The highest BCUT2D eigenvalue weighted by Gasteiger charge is 2.07. The highest BCUT2D eigenvalue weighted by atomic mass is 19.1. The van der Waals surface area contributed by atoms with Crippen molar-refractivity contribution in [3.05, 3.63) is 35.6 Å². The van der Waals surface area contributed by atoms with Gasteiger partial charge in [0.1, 0.15) is 5.82 Å². The third-order valence-electron chi connectivity index (χ3n) is 2.07. The number of hydrogen-bond donors (Lipinski definition) is 1. The molecule has 1 rings (SSSR count). The molecule has 0 aliphatic heterocycles. The van der Waals surface area contributed by atoms with Gasteiger partial charge in [0, 0.05) is 6.42 Å². The summed E-state index contributed by atoms with van der Waals surface area (Å²) in [7, 11) is 0. The Kier molecular flexibility index (Phi) is 3.63. The molecular formula is C11H14FNO. The van der Waals surface area contributed by atoms with Gasteiger partial charge >= 0.3 is 0 Å². The second-order valence-corrected chi connectivity index (χ2v) is 3.19. The maximum absolute atomic E-state index is 12.6. The van der Waals surface area contributed by atoms with Gasteiger partial charge in [-0.25, -0.2) is 4.39 Å². The van der Waals surface area contributed by atoms with E-state index in [1.54, 1.807) is 19.1 Å². The van der Waals surface area contributed by atoms with Crippen molar-refractivity contribution in [1.82, 2.24) is 5.32 Å². The number of benzene rings is 1. The summed E-state index contributed by atoms with van der Waals surface area (Å²) in [5.41, 5.74) is 0.910. The molecule has 0 unspecified atom stereocenters. The summed E-state index contributed by atoms with van der Waals surface area (Å²) in [4.78, 5) is 11.1. The summed E-state index contributed by atoms with van der Waals surface area (Å²) in [6, 6.07) is 6.07. The standard InChI is InChI=1S/C11H14FNO/c1-3-11(14)13-8(2)9-4-6-10(12)7-5-9/h4-8H,3H2,1-2H3,(H,13,14)/t8-/m0/s1. The molecule has 0 heterocycles. The molecule has 2 nitrogen and oxygen atoms in total. The lowest BCUT2D eigenvalue weighted by Gasteiger charge is -2.13. The van der Waals surface area contributed by atoms with Gasteiger partial charge in [-0.2, -0.15) is 0 Å². The van der Waals surface area contributed by atoms with Crippen molar-refractivity contribution >= 4 is 5.91 Å². The van der Waals surface area contributed by atoms with E-state index in [1.165, 1.54) is 12.1 Å². The van der Waals surface area contributed by atoms with Crippen LogP contribution in [0.1, 0.15) is 31.9 Å². The largest absolute Gasteiger partial charge is 0.350 e. The van der Waals surface area contributed by atoms with Crippen LogP contribution in [0, 0.1) is 5.82 Å². The summed E-state index contributed by atoms with van der Waals surface area (Å²) >= 11 is 0. The van der Waals surface area contributed by atoms with Crippen molar-refractivity contribution in [3.63, 3.8) is 0 Å². The maximum Gasteiger partial charge on any atom is 0.220 e. The van der Waals surface area contributed by atoms with Crippen LogP contribution in [-0.2, 0) is 4.79 Å². The molecule has 1 atom stereocenters. The number of rotatable bonds is 3. The van der Waals surface area contributed by atoms with Crippen LogP contribution in [0.4, 0.5) is 4.39 Å². The van der Waals surface area contributed by atoms with Gasteiger partial charge in [0.05, 0.1) is 6.04 Å². The molecule has 0 fully saturated rings. The first-order valence-corrected chi connectivity index (χ1v) is 4.68. The van der Waals surface area contributed by atoms with E-state index in [2.05, 4.69) is 5.32 Å². The third kappa shape index (κ3) is 2.83. The molecule has 76 valence electrons. The quantitative estimate of drug-likeness (QED) is 0.788. The minimum absolute atomic E-state index is 0.00169. The second-order valence-electron chi connectivity index (χ2n) is 3.19. The highest BCUT2D eigenvalue weighted by molar-refractivity contribution is 5.75. The number of halogens is 1. The molecule has 0 spiro atoms. The molecule has 0 radical (unpaired) electrons. The first-order chi connectivity index (χ1) is 6.63. The Labute approximate surface area is 83.1 Å². The fraction of sp³-hybridized carbons (Fsp3) is 0.364. The van der Waals surface area contributed by atoms with E-state index in [0.29, 0.717) is 6.42 Å². The SMILES string of the molecule is CCC(=O)N[C@@H](C)c1ccc(F)cc1. The zero-order valence-electron chi connectivity index (χ0n) is 8.38. The predicted octanol–water partition coefficient (Wildman–Crippen LogP) is 2.41. The van der Waals surface area contributed by atoms with E-state index < -0.39 is 0 Å². The van der Waals surface area contributed by atoms with Crippen LogP contribution in [0.25, 0.3) is 0 Å². The molecule has 1 aromatic rings. The summed E-state index contributed by atoms with van der Waals surface area (Å²) in [5, 5.41) is 2.80. The molecule has 0 bridgehead atoms. The van der Waals surface area contributed by atoms with E-state index >= 15 is 0 Å².